The predicted molar refractivity (Wildman–Crippen MR) is 98.1 cm³/mol. The second kappa shape index (κ2) is 9.43. The van der Waals surface area contributed by atoms with Crippen molar-refractivity contribution in [2.75, 3.05) is 10.6 Å². The maximum Gasteiger partial charge on any atom is 0.412 e. The highest BCUT2D eigenvalue weighted by Crippen LogP contribution is 2.17. The van der Waals surface area contributed by atoms with Crippen LogP contribution in [0.1, 0.15) is 66.7 Å². The number of anilines is 2. The Bertz CT molecular complexity index is 463. The van der Waals surface area contributed by atoms with Crippen LogP contribution in [-0.2, 0) is 4.74 Å². The third-order valence-electron chi connectivity index (χ3n) is 3.43. The van der Waals surface area contributed by atoms with E-state index in [0.717, 1.165) is 11.4 Å². The molecule has 4 heteroatoms. The largest absolute Gasteiger partial charge is 0.444 e. The van der Waals surface area contributed by atoms with Crippen LogP contribution in [-0.4, -0.2) is 17.7 Å². The van der Waals surface area contributed by atoms with Gasteiger partial charge in [-0.05, 0) is 58.4 Å². The summed E-state index contributed by atoms with van der Waals surface area (Å²) in [6.07, 6.45) is 5.91. The van der Waals surface area contributed by atoms with Crippen LogP contribution < -0.4 is 10.6 Å². The first-order valence-electron chi connectivity index (χ1n) is 8.67. The fourth-order valence-electron chi connectivity index (χ4n) is 2.31. The van der Waals surface area contributed by atoms with Crippen LogP contribution in [0.5, 0.6) is 0 Å². The Labute approximate surface area is 141 Å². The second-order valence-electron chi connectivity index (χ2n) is 7.10. The zero-order chi connectivity index (χ0) is 17.3. The van der Waals surface area contributed by atoms with Crippen molar-refractivity contribution in [3.63, 3.8) is 0 Å². The van der Waals surface area contributed by atoms with Gasteiger partial charge in [0.2, 0.25) is 0 Å². The Morgan fingerprint density at radius 3 is 2.26 bits per heavy atom. The molecule has 0 saturated heterocycles. The zero-order valence-electron chi connectivity index (χ0n) is 15.2. The summed E-state index contributed by atoms with van der Waals surface area (Å²) in [7, 11) is 0. The summed E-state index contributed by atoms with van der Waals surface area (Å²) in [5.41, 5.74) is 1.32. The van der Waals surface area contributed by atoms with E-state index in [1.165, 1.54) is 32.1 Å². The second-order valence-corrected chi connectivity index (χ2v) is 7.10. The molecule has 1 atom stereocenters. The van der Waals surface area contributed by atoms with Crippen LogP contribution in [0.3, 0.4) is 0 Å². The lowest BCUT2D eigenvalue weighted by atomic mass is 10.1. The van der Waals surface area contributed by atoms with Gasteiger partial charge in [0.1, 0.15) is 5.60 Å². The minimum absolute atomic E-state index is 0.428. The van der Waals surface area contributed by atoms with E-state index < -0.39 is 11.7 Å². The molecule has 130 valence electrons. The molecule has 0 heterocycles. The summed E-state index contributed by atoms with van der Waals surface area (Å²) < 4.78 is 5.23. The summed E-state index contributed by atoms with van der Waals surface area (Å²) in [6, 6.07) is 8.19. The van der Waals surface area contributed by atoms with Crippen LogP contribution in [0, 0.1) is 0 Å². The summed E-state index contributed by atoms with van der Waals surface area (Å²) in [4.78, 5) is 11.7. The van der Waals surface area contributed by atoms with E-state index >= 15 is 0 Å². The SMILES string of the molecule is CCCCCCC(C)Nc1ccc(NC(=O)OC(C)(C)C)cc1. The molecule has 23 heavy (non-hydrogen) atoms. The first kappa shape index (κ1) is 19.3. The molecule has 0 aliphatic rings. The van der Waals surface area contributed by atoms with Crippen molar-refractivity contribution >= 4 is 17.5 Å². The monoisotopic (exact) mass is 320 g/mol. The molecule has 0 aliphatic carbocycles. The van der Waals surface area contributed by atoms with E-state index in [-0.39, 0.29) is 0 Å². The minimum atomic E-state index is -0.487. The van der Waals surface area contributed by atoms with Crippen LogP contribution in [0.2, 0.25) is 0 Å². The maximum absolute atomic E-state index is 11.7. The Morgan fingerprint density at radius 1 is 1.09 bits per heavy atom. The topological polar surface area (TPSA) is 50.4 Å². The summed E-state index contributed by atoms with van der Waals surface area (Å²) >= 11 is 0. The Balaban J connectivity index is 2.39. The molecule has 0 aromatic heterocycles. The molecule has 0 aliphatic heterocycles. The van der Waals surface area contributed by atoms with Gasteiger partial charge in [-0.25, -0.2) is 4.79 Å². The van der Waals surface area contributed by atoms with Gasteiger partial charge in [-0.15, -0.1) is 0 Å². The van der Waals surface area contributed by atoms with Gasteiger partial charge >= 0.3 is 6.09 Å². The number of rotatable bonds is 8. The molecule has 1 rings (SSSR count). The van der Waals surface area contributed by atoms with Gasteiger partial charge < -0.3 is 10.1 Å². The lowest BCUT2D eigenvalue weighted by molar-refractivity contribution is 0.0636. The number of benzene rings is 1. The van der Waals surface area contributed by atoms with E-state index in [1.807, 2.05) is 45.0 Å². The molecule has 1 amide bonds. The van der Waals surface area contributed by atoms with Crippen LogP contribution in [0.15, 0.2) is 24.3 Å². The van der Waals surface area contributed by atoms with Crippen molar-refractivity contribution < 1.29 is 9.53 Å². The molecule has 0 bridgehead atoms. The molecule has 0 spiro atoms. The van der Waals surface area contributed by atoms with Crippen molar-refractivity contribution in [3.05, 3.63) is 24.3 Å². The quantitative estimate of drug-likeness (QED) is 0.595. The van der Waals surface area contributed by atoms with Crippen molar-refractivity contribution in [3.8, 4) is 0 Å². The van der Waals surface area contributed by atoms with Gasteiger partial charge in [-0.2, -0.15) is 0 Å². The van der Waals surface area contributed by atoms with Gasteiger partial charge in [-0.3, -0.25) is 5.32 Å². The lowest BCUT2D eigenvalue weighted by Gasteiger charge is -2.20. The minimum Gasteiger partial charge on any atom is -0.444 e. The number of ether oxygens (including phenoxy) is 1. The van der Waals surface area contributed by atoms with Crippen molar-refractivity contribution in [2.24, 2.45) is 0 Å². The van der Waals surface area contributed by atoms with E-state index in [1.54, 1.807) is 0 Å². The van der Waals surface area contributed by atoms with Crippen molar-refractivity contribution in [1.82, 2.24) is 0 Å². The first-order valence-corrected chi connectivity index (χ1v) is 8.67. The zero-order valence-corrected chi connectivity index (χ0v) is 15.2. The molecular formula is C19H32N2O2. The fraction of sp³-hybridized carbons (Fsp3) is 0.632. The lowest BCUT2D eigenvalue weighted by Crippen LogP contribution is -2.27. The highest BCUT2D eigenvalue weighted by Gasteiger charge is 2.16. The maximum atomic E-state index is 11.7. The standard InChI is InChI=1S/C19H32N2O2/c1-6-7-8-9-10-15(2)20-16-11-13-17(14-12-16)21-18(22)23-19(3,4)5/h11-15,20H,6-10H2,1-5H3,(H,21,22). The van der Waals surface area contributed by atoms with Crippen molar-refractivity contribution in [1.29, 1.82) is 0 Å². The Hall–Kier alpha value is -1.71. The molecule has 4 nitrogen and oxygen atoms in total. The van der Waals surface area contributed by atoms with Crippen LogP contribution >= 0.6 is 0 Å². The fourth-order valence-corrected chi connectivity index (χ4v) is 2.31. The molecular weight excluding hydrogens is 288 g/mol. The normalized spacial score (nSPS) is 12.6. The third-order valence-corrected chi connectivity index (χ3v) is 3.43. The van der Waals surface area contributed by atoms with Gasteiger partial charge in [0, 0.05) is 17.4 Å². The number of hydrogen-bond donors (Lipinski definition) is 2. The molecule has 2 N–H and O–H groups in total. The number of amides is 1. The highest BCUT2D eigenvalue weighted by atomic mass is 16.6. The number of nitrogens with one attached hydrogen (secondary N) is 2. The van der Waals surface area contributed by atoms with Crippen LogP contribution in [0.4, 0.5) is 16.2 Å². The number of carbonyl (C=O) groups is 1. The summed E-state index contributed by atoms with van der Waals surface area (Å²) in [6.45, 7) is 9.98. The number of carbonyl (C=O) groups excluding carboxylic acids is 1. The van der Waals surface area contributed by atoms with Gasteiger partial charge in [0.25, 0.3) is 0 Å². The summed E-state index contributed by atoms with van der Waals surface area (Å²) in [5.74, 6) is 0. The Kier molecular flexibility index (Phi) is 7.93. The molecule has 0 saturated carbocycles. The van der Waals surface area contributed by atoms with Gasteiger partial charge in [-0.1, -0.05) is 32.6 Å². The van der Waals surface area contributed by atoms with Crippen molar-refractivity contribution in [2.45, 2.75) is 78.4 Å². The van der Waals surface area contributed by atoms with E-state index in [2.05, 4.69) is 24.5 Å². The predicted octanol–water partition coefficient (Wildman–Crippen LogP) is 5.80. The average molecular weight is 320 g/mol. The molecule has 1 unspecified atom stereocenters. The molecule has 1 aromatic carbocycles. The smallest absolute Gasteiger partial charge is 0.412 e. The van der Waals surface area contributed by atoms with Gasteiger partial charge in [0.05, 0.1) is 0 Å². The molecule has 1 aromatic rings. The Morgan fingerprint density at radius 2 is 1.70 bits per heavy atom. The van der Waals surface area contributed by atoms with E-state index in [0.29, 0.717) is 6.04 Å². The van der Waals surface area contributed by atoms with Crippen LogP contribution in [0.25, 0.3) is 0 Å². The van der Waals surface area contributed by atoms with E-state index in [4.69, 9.17) is 4.74 Å². The molecule has 0 fully saturated rings. The number of hydrogen-bond acceptors (Lipinski definition) is 3. The van der Waals surface area contributed by atoms with E-state index in [9.17, 15) is 4.79 Å². The molecule has 0 radical (unpaired) electrons. The average Bonchev–Trinajstić information content (AvgIpc) is 2.44. The third kappa shape index (κ3) is 9.11. The summed E-state index contributed by atoms with van der Waals surface area (Å²) in [5, 5.41) is 6.23. The number of unbranched alkanes of at least 4 members (excludes halogenated alkanes) is 3. The van der Waals surface area contributed by atoms with Gasteiger partial charge in [0.15, 0.2) is 0 Å². The first-order chi connectivity index (χ1) is 10.8. The highest BCUT2D eigenvalue weighted by molar-refractivity contribution is 5.85.